The molecule has 1 heterocycles. The lowest BCUT2D eigenvalue weighted by Gasteiger charge is -2.54. The molecule has 0 aromatic heterocycles. The fourth-order valence-corrected chi connectivity index (χ4v) is 4.09. The number of hydrogen-bond donors (Lipinski definition) is 1. The van der Waals surface area contributed by atoms with Crippen molar-refractivity contribution in [3.63, 3.8) is 0 Å². The molecule has 1 saturated heterocycles. The van der Waals surface area contributed by atoms with Gasteiger partial charge in [-0.2, -0.15) is 0 Å². The van der Waals surface area contributed by atoms with Crippen LogP contribution in [0.1, 0.15) is 31.4 Å². The smallest absolute Gasteiger partial charge is 0.115 e. The van der Waals surface area contributed by atoms with Gasteiger partial charge in [-0.1, -0.05) is 26.0 Å². The van der Waals surface area contributed by atoms with Gasteiger partial charge >= 0.3 is 0 Å². The minimum absolute atomic E-state index is 0. The van der Waals surface area contributed by atoms with Crippen LogP contribution in [0.25, 0.3) is 0 Å². The fraction of sp³-hybridized carbons (Fsp3) is 0.529. The Morgan fingerprint density at radius 2 is 2.25 bits per heavy atom. The summed E-state index contributed by atoms with van der Waals surface area (Å²) in [5.41, 5.74) is 2.99. The molecule has 1 aromatic rings. The molecule has 1 aliphatic carbocycles. The Morgan fingerprint density at radius 1 is 1.50 bits per heavy atom. The molecular formula is C17H23ClNO-. The van der Waals surface area contributed by atoms with E-state index in [-0.39, 0.29) is 17.8 Å². The van der Waals surface area contributed by atoms with E-state index in [1.165, 1.54) is 11.1 Å². The van der Waals surface area contributed by atoms with Crippen molar-refractivity contribution >= 4 is 0 Å². The number of nitrogens with zero attached hydrogens (tertiary/aromatic N) is 1. The van der Waals surface area contributed by atoms with E-state index in [1.807, 2.05) is 18.2 Å². The van der Waals surface area contributed by atoms with E-state index in [9.17, 15) is 5.11 Å². The second-order valence-corrected chi connectivity index (χ2v) is 6.35. The average Bonchev–Trinajstić information content (AvgIpc) is 2.38. The van der Waals surface area contributed by atoms with Crippen LogP contribution in [0.3, 0.4) is 0 Å². The zero-order chi connectivity index (χ0) is 13.6. The van der Waals surface area contributed by atoms with Crippen LogP contribution in [0.4, 0.5) is 0 Å². The summed E-state index contributed by atoms with van der Waals surface area (Å²) in [5, 5.41) is 9.80. The third kappa shape index (κ3) is 2.15. The van der Waals surface area contributed by atoms with Gasteiger partial charge in [0, 0.05) is 12.6 Å². The topological polar surface area (TPSA) is 23.5 Å². The van der Waals surface area contributed by atoms with Crippen LogP contribution in [0, 0.1) is 5.92 Å². The van der Waals surface area contributed by atoms with Crippen LogP contribution < -0.4 is 12.4 Å². The van der Waals surface area contributed by atoms with E-state index >= 15 is 0 Å². The molecule has 2 nitrogen and oxygen atoms in total. The molecule has 0 radical (unpaired) electrons. The van der Waals surface area contributed by atoms with Gasteiger partial charge < -0.3 is 17.5 Å². The van der Waals surface area contributed by atoms with Crippen LogP contribution in [0.2, 0.25) is 0 Å². The van der Waals surface area contributed by atoms with E-state index in [2.05, 4.69) is 31.4 Å². The molecular weight excluding hydrogens is 270 g/mol. The Kier molecular flexibility index (Phi) is 4.17. The Morgan fingerprint density at radius 3 is 2.95 bits per heavy atom. The minimum atomic E-state index is 0. The number of hydrogen-bond acceptors (Lipinski definition) is 2. The summed E-state index contributed by atoms with van der Waals surface area (Å²) >= 11 is 0. The van der Waals surface area contributed by atoms with E-state index < -0.39 is 0 Å². The van der Waals surface area contributed by atoms with Gasteiger partial charge in [0.05, 0.1) is 0 Å². The monoisotopic (exact) mass is 292 g/mol. The number of benzene rings is 1. The van der Waals surface area contributed by atoms with Crippen molar-refractivity contribution in [2.45, 2.75) is 38.1 Å². The van der Waals surface area contributed by atoms with Gasteiger partial charge in [-0.25, -0.2) is 0 Å². The maximum Gasteiger partial charge on any atom is 0.115 e. The van der Waals surface area contributed by atoms with Crippen molar-refractivity contribution < 1.29 is 17.5 Å². The molecule has 3 atom stereocenters. The van der Waals surface area contributed by atoms with Gasteiger partial charge in [0.25, 0.3) is 0 Å². The average molecular weight is 293 g/mol. The van der Waals surface area contributed by atoms with Crippen LogP contribution in [0.15, 0.2) is 30.9 Å². The third-order valence-corrected chi connectivity index (χ3v) is 5.47. The van der Waals surface area contributed by atoms with Gasteiger partial charge in [-0.05, 0) is 54.0 Å². The second kappa shape index (κ2) is 5.42. The summed E-state index contributed by atoms with van der Waals surface area (Å²) in [7, 11) is 0. The molecule has 110 valence electrons. The molecule has 0 amide bonds. The van der Waals surface area contributed by atoms with E-state index in [4.69, 9.17) is 0 Å². The maximum absolute atomic E-state index is 9.80. The van der Waals surface area contributed by atoms with Gasteiger partial charge in [0.15, 0.2) is 0 Å². The fourth-order valence-electron chi connectivity index (χ4n) is 4.09. The quantitative estimate of drug-likeness (QED) is 0.782. The molecule has 1 aromatic carbocycles. The SMILES string of the molecule is C=CCN1CC[C@@]2(C)c3cc(O)ccc3CC1C2C.[Cl-]. The zero-order valence-corrected chi connectivity index (χ0v) is 13.0. The minimum Gasteiger partial charge on any atom is -1.00 e. The number of phenolic OH excluding ortho intramolecular Hbond substituents is 1. The molecule has 0 saturated carbocycles. The summed E-state index contributed by atoms with van der Waals surface area (Å²) in [6.45, 7) is 10.7. The van der Waals surface area contributed by atoms with E-state index in [0.29, 0.717) is 17.7 Å². The molecule has 0 spiro atoms. The number of rotatable bonds is 2. The van der Waals surface area contributed by atoms with Crippen molar-refractivity contribution in [2.24, 2.45) is 5.92 Å². The molecule has 3 rings (SSSR count). The standard InChI is InChI=1S/C17H23NO.ClH/c1-4-8-18-9-7-17(3)12(2)16(18)10-13-5-6-14(19)11-15(13)17;/h4-6,11-12,16,19H,1,7-10H2,2-3H3;1H/p-1/t12?,16?,17-;/m1./s1. The van der Waals surface area contributed by atoms with Crippen molar-refractivity contribution in [1.82, 2.24) is 4.90 Å². The van der Waals surface area contributed by atoms with E-state index in [1.54, 1.807) is 0 Å². The Hall–Kier alpha value is -0.990. The number of likely N-dealkylation sites (tertiary alicyclic amines) is 1. The Balaban J connectivity index is 0.00000147. The van der Waals surface area contributed by atoms with Gasteiger partial charge in [-0.3, -0.25) is 4.90 Å². The lowest BCUT2D eigenvalue weighted by molar-refractivity contribution is -0.00000562. The zero-order valence-electron chi connectivity index (χ0n) is 12.3. The highest BCUT2D eigenvalue weighted by Gasteiger charge is 2.48. The number of phenols is 1. The van der Waals surface area contributed by atoms with Crippen LogP contribution in [0.5, 0.6) is 5.75 Å². The van der Waals surface area contributed by atoms with Crippen molar-refractivity contribution in [3.8, 4) is 5.75 Å². The van der Waals surface area contributed by atoms with Crippen molar-refractivity contribution in [3.05, 3.63) is 42.0 Å². The molecule has 2 aliphatic rings. The maximum atomic E-state index is 9.80. The molecule has 2 unspecified atom stereocenters. The first-order chi connectivity index (χ1) is 9.06. The predicted molar refractivity (Wildman–Crippen MR) is 78.5 cm³/mol. The number of halogens is 1. The second-order valence-electron chi connectivity index (χ2n) is 6.35. The van der Waals surface area contributed by atoms with Gasteiger partial charge in [0.2, 0.25) is 0 Å². The lowest BCUT2D eigenvalue weighted by atomic mass is 9.59. The van der Waals surface area contributed by atoms with Crippen molar-refractivity contribution in [1.29, 1.82) is 0 Å². The summed E-state index contributed by atoms with van der Waals surface area (Å²) < 4.78 is 0. The molecule has 1 fully saturated rings. The molecule has 20 heavy (non-hydrogen) atoms. The highest BCUT2D eigenvalue weighted by molar-refractivity contribution is 5.44. The largest absolute Gasteiger partial charge is 1.00 e. The van der Waals surface area contributed by atoms with Crippen molar-refractivity contribution in [2.75, 3.05) is 13.1 Å². The Bertz CT molecular complexity index is 516. The third-order valence-electron chi connectivity index (χ3n) is 5.47. The van der Waals surface area contributed by atoms with E-state index in [0.717, 1.165) is 25.9 Å². The molecule has 1 N–H and O–H groups in total. The van der Waals surface area contributed by atoms with Crippen LogP contribution in [-0.2, 0) is 11.8 Å². The highest BCUT2D eigenvalue weighted by Crippen LogP contribution is 2.49. The summed E-state index contributed by atoms with van der Waals surface area (Å²) in [6, 6.07) is 6.53. The summed E-state index contributed by atoms with van der Waals surface area (Å²) in [6.07, 6.45) is 4.27. The van der Waals surface area contributed by atoms with Gasteiger partial charge in [0.1, 0.15) is 5.75 Å². The highest BCUT2D eigenvalue weighted by atomic mass is 35.5. The number of fused-ring (bicyclic) bond motifs is 4. The number of piperidine rings is 1. The lowest BCUT2D eigenvalue weighted by Crippen LogP contribution is -3.00. The first kappa shape index (κ1) is 15.4. The Labute approximate surface area is 127 Å². The van der Waals surface area contributed by atoms with Gasteiger partial charge in [-0.15, -0.1) is 6.58 Å². The summed E-state index contributed by atoms with van der Waals surface area (Å²) in [5.74, 6) is 1.02. The summed E-state index contributed by atoms with van der Waals surface area (Å²) in [4.78, 5) is 2.56. The predicted octanol–water partition coefficient (Wildman–Crippen LogP) is 0.106. The number of aromatic hydroxyl groups is 1. The first-order valence-electron chi connectivity index (χ1n) is 7.23. The van der Waals surface area contributed by atoms with Crippen LogP contribution in [-0.4, -0.2) is 29.1 Å². The normalized spacial score (nSPS) is 32.1. The van der Waals surface area contributed by atoms with Crippen LogP contribution >= 0.6 is 0 Å². The molecule has 3 heteroatoms. The molecule has 2 bridgehead atoms. The molecule has 1 aliphatic heterocycles. The first-order valence-corrected chi connectivity index (χ1v) is 7.23.